The van der Waals surface area contributed by atoms with Crippen LogP contribution in [0.25, 0.3) is 11.1 Å². The lowest BCUT2D eigenvalue weighted by Gasteiger charge is -1.99. The molecular weight excluding hydrogens is 280 g/mol. The smallest absolute Gasteiger partial charge is 0.101 e. The van der Waals surface area contributed by atoms with Crippen LogP contribution in [0, 0.1) is 6.92 Å². The van der Waals surface area contributed by atoms with Crippen LogP contribution in [0.3, 0.4) is 0 Å². The van der Waals surface area contributed by atoms with E-state index in [0.29, 0.717) is 0 Å². The summed E-state index contributed by atoms with van der Waals surface area (Å²) in [4.78, 5) is 0. The molecule has 0 aliphatic heterocycles. The van der Waals surface area contributed by atoms with Crippen molar-refractivity contribution in [1.82, 2.24) is 0 Å². The maximum atomic E-state index is 4.53. The van der Waals surface area contributed by atoms with E-state index >= 15 is 0 Å². The molecule has 0 aromatic heterocycles. The predicted molar refractivity (Wildman–Crippen MR) is 96.3 cm³/mol. The van der Waals surface area contributed by atoms with Crippen molar-refractivity contribution >= 4 is 11.9 Å². The van der Waals surface area contributed by atoms with Gasteiger partial charge in [-0.25, -0.2) is 0 Å². The Kier molecular flexibility index (Phi) is 3.35. The van der Waals surface area contributed by atoms with Gasteiger partial charge in [-0.2, -0.15) is 5.10 Å². The third kappa shape index (κ3) is 2.38. The standard InChI is InChI=1S/C21H16N2/c1-15-8-2-3-9-16(15)14-22-23-21-19-12-6-4-10-17(19)18-11-5-7-13-20(18)21/h2-14H,1H3. The van der Waals surface area contributed by atoms with Crippen molar-refractivity contribution in [1.29, 1.82) is 0 Å². The Balaban J connectivity index is 1.78. The minimum Gasteiger partial charge on any atom is -0.158 e. The Hall–Kier alpha value is -3.00. The van der Waals surface area contributed by atoms with Crippen molar-refractivity contribution in [3.8, 4) is 11.1 Å². The summed E-state index contributed by atoms with van der Waals surface area (Å²) >= 11 is 0. The number of fused-ring (bicyclic) bond motifs is 3. The Morgan fingerprint density at radius 3 is 1.78 bits per heavy atom. The molecule has 3 aromatic carbocycles. The van der Waals surface area contributed by atoms with E-state index in [1.54, 1.807) is 0 Å². The molecule has 0 amide bonds. The van der Waals surface area contributed by atoms with Gasteiger partial charge in [0, 0.05) is 11.1 Å². The van der Waals surface area contributed by atoms with Gasteiger partial charge in [0.05, 0.1) is 6.21 Å². The first-order valence-electron chi connectivity index (χ1n) is 7.70. The molecule has 0 saturated carbocycles. The van der Waals surface area contributed by atoms with Gasteiger partial charge in [-0.3, -0.25) is 0 Å². The number of rotatable bonds is 2. The summed E-state index contributed by atoms with van der Waals surface area (Å²) < 4.78 is 0. The first-order valence-corrected chi connectivity index (χ1v) is 7.70. The second-order valence-electron chi connectivity index (χ2n) is 5.64. The fourth-order valence-corrected chi connectivity index (χ4v) is 2.98. The molecule has 2 nitrogen and oxygen atoms in total. The SMILES string of the molecule is Cc1ccccc1C=NN=C1c2ccccc2-c2ccccc21. The van der Waals surface area contributed by atoms with Gasteiger partial charge in [0.15, 0.2) is 0 Å². The summed E-state index contributed by atoms with van der Waals surface area (Å²) in [5.74, 6) is 0. The molecule has 0 N–H and O–H groups in total. The molecule has 0 unspecified atom stereocenters. The Labute approximate surface area is 135 Å². The quantitative estimate of drug-likeness (QED) is 0.373. The number of benzene rings is 3. The van der Waals surface area contributed by atoms with E-state index in [1.807, 2.05) is 30.5 Å². The maximum absolute atomic E-state index is 4.53. The van der Waals surface area contributed by atoms with E-state index in [-0.39, 0.29) is 0 Å². The molecule has 0 bridgehead atoms. The third-order valence-electron chi connectivity index (χ3n) is 4.20. The van der Waals surface area contributed by atoms with Gasteiger partial charge >= 0.3 is 0 Å². The topological polar surface area (TPSA) is 24.7 Å². The molecular formula is C21H16N2. The van der Waals surface area contributed by atoms with Crippen molar-refractivity contribution in [2.75, 3.05) is 0 Å². The monoisotopic (exact) mass is 296 g/mol. The highest BCUT2D eigenvalue weighted by molar-refractivity contribution is 6.24. The highest BCUT2D eigenvalue weighted by Gasteiger charge is 2.23. The minimum atomic E-state index is 0.945. The van der Waals surface area contributed by atoms with Gasteiger partial charge in [-0.1, -0.05) is 72.8 Å². The largest absolute Gasteiger partial charge is 0.158 e. The van der Waals surface area contributed by atoms with Crippen molar-refractivity contribution in [2.45, 2.75) is 6.92 Å². The summed E-state index contributed by atoms with van der Waals surface area (Å²) in [6.45, 7) is 2.08. The van der Waals surface area contributed by atoms with Crippen LogP contribution in [0.5, 0.6) is 0 Å². The van der Waals surface area contributed by atoms with Crippen LogP contribution < -0.4 is 0 Å². The van der Waals surface area contributed by atoms with Gasteiger partial charge in [-0.15, -0.1) is 5.10 Å². The Bertz CT molecular complexity index is 888. The molecule has 0 atom stereocenters. The molecule has 0 spiro atoms. The van der Waals surface area contributed by atoms with Gasteiger partial charge < -0.3 is 0 Å². The van der Waals surface area contributed by atoms with Crippen molar-refractivity contribution < 1.29 is 0 Å². The Morgan fingerprint density at radius 2 is 1.17 bits per heavy atom. The van der Waals surface area contributed by atoms with Crippen molar-refractivity contribution in [2.24, 2.45) is 10.2 Å². The number of hydrogen-bond donors (Lipinski definition) is 0. The molecule has 1 aliphatic rings. The van der Waals surface area contributed by atoms with E-state index in [0.717, 1.165) is 22.4 Å². The molecule has 110 valence electrons. The summed E-state index contributed by atoms with van der Waals surface area (Å²) in [7, 11) is 0. The fraction of sp³-hybridized carbons (Fsp3) is 0.0476. The van der Waals surface area contributed by atoms with E-state index in [1.165, 1.54) is 16.7 Å². The molecule has 0 radical (unpaired) electrons. The van der Waals surface area contributed by atoms with E-state index in [2.05, 4.69) is 65.7 Å². The zero-order valence-corrected chi connectivity index (χ0v) is 12.9. The molecule has 1 aliphatic carbocycles. The zero-order chi connectivity index (χ0) is 15.6. The van der Waals surface area contributed by atoms with Crippen LogP contribution in [0.2, 0.25) is 0 Å². The van der Waals surface area contributed by atoms with E-state index in [4.69, 9.17) is 0 Å². The number of nitrogens with zero attached hydrogens (tertiary/aromatic N) is 2. The molecule has 0 heterocycles. The zero-order valence-electron chi connectivity index (χ0n) is 12.9. The van der Waals surface area contributed by atoms with Crippen LogP contribution in [0.15, 0.2) is 83.0 Å². The summed E-state index contributed by atoms with van der Waals surface area (Å²) in [5, 5.41) is 8.87. The lowest BCUT2D eigenvalue weighted by Crippen LogP contribution is -1.97. The summed E-state index contributed by atoms with van der Waals surface area (Å²) in [6.07, 6.45) is 1.83. The molecule has 0 fully saturated rings. The average Bonchev–Trinajstić information content (AvgIpc) is 2.91. The second kappa shape index (κ2) is 5.65. The fourth-order valence-electron chi connectivity index (χ4n) is 2.98. The summed E-state index contributed by atoms with van der Waals surface area (Å²) in [5.41, 5.74) is 7.99. The summed E-state index contributed by atoms with van der Waals surface area (Å²) in [6, 6.07) is 24.9. The molecule has 4 rings (SSSR count). The average molecular weight is 296 g/mol. The van der Waals surface area contributed by atoms with Crippen LogP contribution in [0.1, 0.15) is 22.3 Å². The van der Waals surface area contributed by atoms with Gasteiger partial charge in [0.1, 0.15) is 5.71 Å². The molecule has 2 heteroatoms. The highest BCUT2D eigenvalue weighted by atomic mass is 15.2. The Morgan fingerprint density at radius 1 is 0.652 bits per heavy atom. The number of hydrogen-bond acceptors (Lipinski definition) is 2. The predicted octanol–water partition coefficient (Wildman–Crippen LogP) is 4.85. The highest BCUT2D eigenvalue weighted by Crippen LogP contribution is 2.36. The lowest BCUT2D eigenvalue weighted by molar-refractivity contribution is 1.25. The first kappa shape index (κ1) is 13.6. The maximum Gasteiger partial charge on any atom is 0.101 e. The normalized spacial score (nSPS) is 12.3. The molecule has 3 aromatic rings. The molecule has 0 saturated heterocycles. The molecule has 23 heavy (non-hydrogen) atoms. The lowest BCUT2D eigenvalue weighted by atomic mass is 10.1. The van der Waals surface area contributed by atoms with Crippen LogP contribution in [-0.2, 0) is 0 Å². The second-order valence-corrected chi connectivity index (χ2v) is 5.64. The van der Waals surface area contributed by atoms with Gasteiger partial charge in [0.25, 0.3) is 0 Å². The van der Waals surface area contributed by atoms with E-state index in [9.17, 15) is 0 Å². The van der Waals surface area contributed by atoms with Crippen molar-refractivity contribution in [3.05, 3.63) is 95.1 Å². The van der Waals surface area contributed by atoms with Gasteiger partial charge in [0.2, 0.25) is 0 Å². The van der Waals surface area contributed by atoms with Crippen LogP contribution >= 0.6 is 0 Å². The van der Waals surface area contributed by atoms with Crippen LogP contribution in [-0.4, -0.2) is 11.9 Å². The van der Waals surface area contributed by atoms with Gasteiger partial charge in [-0.05, 0) is 29.2 Å². The first-order chi connectivity index (χ1) is 11.3. The van der Waals surface area contributed by atoms with Crippen molar-refractivity contribution in [3.63, 3.8) is 0 Å². The number of aryl methyl sites for hydroxylation is 1. The third-order valence-corrected chi connectivity index (χ3v) is 4.20. The van der Waals surface area contributed by atoms with Crippen LogP contribution in [0.4, 0.5) is 0 Å². The minimum absolute atomic E-state index is 0.945. The van der Waals surface area contributed by atoms with E-state index < -0.39 is 0 Å².